The fourth-order valence-corrected chi connectivity index (χ4v) is 1.24. The summed E-state index contributed by atoms with van der Waals surface area (Å²) in [7, 11) is 0.158. The minimum Gasteiger partial charge on any atom is -0.229 e. The van der Waals surface area contributed by atoms with E-state index >= 15 is 0 Å². The predicted molar refractivity (Wildman–Crippen MR) is 47.7 cm³/mol. The van der Waals surface area contributed by atoms with E-state index in [2.05, 4.69) is 16.9 Å². The molecule has 2 heteroatoms. The Balaban J connectivity index is 2.87. The molecule has 0 saturated carbocycles. The Morgan fingerprint density at radius 2 is 1.70 bits per heavy atom. The van der Waals surface area contributed by atoms with E-state index in [0.717, 1.165) is 5.69 Å². The van der Waals surface area contributed by atoms with Crippen LogP contribution in [0.3, 0.4) is 0 Å². The first-order valence-electron chi connectivity index (χ1n) is 3.13. The van der Waals surface area contributed by atoms with Gasteiger partial charge in [0.25, 0.3) is 0 Å². The second-order valence-electron chi connectivity index (χ2n) is 2.20. The molecule has 10 heavy (non-hydrogen) atoms. The number of rotatable bonds is 1. The average Bonchev–Trinajstić information content (AvgIpc) is 1.88. The van der Waals surface area contributed by atoms with Gasteiger partial charge in [-0.2, -0.15) is 0 Å². The van der Waals surface area contributed by atoms with Crippen molar-refractivity contribution in [1.82, 2.24) is 0 Å². The smallest absolute Gasteiger partial charge is 0.0702 e. The van der Waals surface area contributed by atoms with E-state index in [0.29, 0.717) is 0 Å². The molecule has 1 nitrogen and oxygen atoms in total. The largest absolute Gasteiger partial charge is 0.229 e. The van der Waals surface area contributed by atoms with Crippen molar-refractivity contribution in [3.63, 3.8) is 0 Å². The second-order valence-corrected chi connectivity index (χ2v) is 3.93. The molecule has 1 aromatic carbocycles. The summed E-state index contributed by atoms with van der Waals surface area (Å²) in [5, 5.41) is 0. The number of nitrogens with zero attached hydrogens (tertiary/aromatic N) is 1. The van der Waals surface area contributed by atoms with Gasteiger partial charge in [-0.15, -0.1) is 10.7 Å². The molecule has 0 bridgehead atoms. The standard InChI is InChI=1S/C8H11NS/c1-10(2)9-8-6-4-3-5-7-8/h3-7H,1-2H3. The summed E-state index contributed by atoms with van der Waals surface area (Å²) in [6.07, 6.45) is 4.21. The zero-order valence-electron chi connectivity index (χ0n) is 6.24. The zero-order chi connectivity index (χ0) is 7.40. The van der Waals surface area contributed by atoms with Crippen LogP contribution in [0.25, 0.3) is 0 Å². The molecule has 0 unspecified atom stereocenters. The third-order valence-corrected chi connectivity index (χ3v) is 1.62. The van der Waals surface area contributed by atoms with Crippen LogP contribution >= 0.6 is 0 Å². The Bertz CT molecular complexity index is 224. The topological polar surface area (TPSA) is 12.4 Å². The summed E-state index contributed by atoms with van der Waals surface area (Å²) in [5.41, 5.74) is 1.08. The molecule has 0 aliphatic carbocycles. The molecule has 0 aromatic heterocycles. The molecule has 1 rings (SSSR count). The van der Waals surface area contributed by atoms with Crippen molar-refractivity contribution in [3.8, 4) is 0 Å². The normalized spacial score (nSPS) is 9.90. The molecule has 0 aliphatic heterocycles. The Kier molecular flexibility index (Phi) is 2.63. The van der Waals surface area contributed by atoms with Gasteiger partial charge in [0.15, 0.2) is 0 Å². The van der Waals surface area contributed by atoms with Crippen LogP contribution in [0.15, 0.2) is 34.7 Å². The summed E-state index contributed by atoms with van der Waals surface area (Å²) >= 11 is 0. The predicted octanol–water partition coefficient (Wildman–Crippen LogP) is 2.38. The van der Waals surface area contributed by atoms with Gasteiger partial charge in [-0.3, -0.25) is 0 Å². The lowest BCUT2D eigenvalue weighted by Gasteiger charge is -1.92. The number of hydrogen-bond donors (Lipinski definition) is 0. The summed E-state index contributed by atoms with van der Waals surface area (Å²) in [6, 6.07) is 10.1. The molecule has 0 N–H and O–H groups in total. The maximum Gasteiger partial charge on any atom is 0.0702 e. The second kappa shape index (κ2) is 3.52. The summed E-state index contributed by atoms with van der Waals surface area (Å²) in [6.45, 7) is 0. The monoisotopic (exact) mass is 153 g/mol. The highest BCUT2D eigenvalue weighted by atomic mass is 32.2. The van der Waals surface area contributed by atoms with E-state index in [1.807, 2.05) is 30.3 Å². The molecule has 0 spiro atoms. The SMILES string of the molecule is CS(C)=Nc1ccccc1. The van der Waals surface area contributed by atoms with Gasteiger partial charge < -0.3 is 0 Å². The van der Waals surface area contributed by atoms with Crippen LogP contribution in [0.5, 0.6) is 0 Å². The highest BCUT2D eigenvalue weighted by molar-refractivity contribution is 7.85. The number of benzene rings is 1. The first-order valence-corrected chi connectivity index (χ1v) is 5.13. The first-order chi connectivity index (χ1) is 4.79. The Morgan fingerprint density at radius 1 is 1.10 bits per heavy atom. The quantitative estimate of drug-likeness (QED) is 0.587. The average molecular weight is 153 g/mol. The third-order valence-electron chi connectivity index (χ3n) is 1.04. The maximum atomic E-state index is 4.39. The van der Waals surface area contributed by atoms with Crippen LogP contribution in [-0.4, -0.2) is 12.5 Å². The van der Waals surface area contributed by atoms with Crippen molar-refractivity contribution in [2.75, 3.05) is 12.5 Å². The van der Waals surface area contributed by atoms with Crippen molar-refractivity contribution < 1.29 is 0 Å². The van der Waals surface area contributed by atoms with E-state index in [1.165, 1.54) is 0 Å². The molecule has 0 aliphatic rings. The Labute approximate surface area is 64.2 Å². The lowest BCUT2D eigenvalue weighted by atomic mass is 10.3. The minimum atomic E-state index is 0.158. The van der Waals surface area contributed by atoms with Crippen molar-refractivity contribution >= 4 is 16.4 Å². The van der Waals surface area contributed by atoms with Crippen LogP contribution in [0.4, 0.5) is 5.69 Å². The minimum absolute atomic E-state index is 0.158. The van der Waals surface area contributed by atoms with E-state index in [9.17, 15) is 0 Å². The van der Waals surface area contributed by atoms with Crippen molar-refractivity contribution in [3.05, 3.63) is 30.3 Å². The molecular weight excluding hydrogens is 142 g/mol. The van der Waals surface area contributed by atoms with Gasteiger partial charge in [-0.05, 0) is 24.6 Å². The lowest BCUT2D eigenvalue weighted by molar-refractivity contribution is 1.56. The van der Waals surface area contributed by atoms with Gasteiger partial charge in [0, 0.05) is 0 Å². The van der Waals surface area contributed by atoms with Gasteiger partial charge in [0.2, 0.25) is 0 Å². The molecule has 1 aromatic rings. The highest BCUT2D eigenvalue weighted by Gasteiger charge is 1.82. The molecular formula is C8H11NS. The lowest BCUT2D eigenvalue weighted by Crippen LogP contribution is -1.75. The van der Waals surface area contributed by atoms with Crippen LogP contribution in [0, 0.1) is 0 Å². The van der Waals surface area contributed by atoms with E-state index < -0.39 is 0 Å². The van der Waals surface area contributed by atoms with Gasteiger partial charge in [-0.1, -0.05) is 18.2 Å². The summed E-state index contributed by atoms with van der Waals surface area (Å²) < 4.78 is 4.39. The fourth-order valence-electron chi connectivity index (χ4n) is 0.700. The zero-order valence-corrected chi connectivity index (χ0v) is 7.06. The van der Waals surface area contributed by atoms with Gasteiger partial charge in [0.1, 0.15) is 0 Å². The Hall–Kier alpha value is -0.630. The summed E-state index contributed by atoms with van der Waals surface area (Å²) in [5.74, 6) is 0. The van der Waals surface area contributed by atoms with E-state index in [1.54, 1.807) is 0 Å². The number of hydrogen-bond acceptors (Lipinski definition) is 1. The highest BCUT2D eigenvalue weighted by Crippen LogP contribution is 2.09. The van der Waals surface area contributed by atoms with Crippen LogP contribution in [-0.2, 0) is 10.7 Å². The molecule has 0 radical (unpaired) electrons. The van der Waals surface area contributed by atoms with Crippen molar-refractivity contribution in [1.29, 1.82) is 0 Å². The van der Waals surface area contributed by atoms with Crippen molar-refractivity contribution in [2.45, 2.75) is 0 Å². The molecule has 0 fully saturated rings. The molecule has 54 valence electrons. The summed E-state index contributed by atoms with van der Waals surface area (Å²) in [4.78, 5) is 0. The van der Waals surface area contributed by atoms with E-state index in [-0.39, 0.29) is 10.7 Å². The van der Waals surface area contributed by atoms with Gasteiger partial charge in [0.05, 0.1) is 5.69 Å². The van der Waals surface area contributed by atoms with Gasteiger partial charge in [-0.25, -0.2) is 4.36 Å². The first kappa shape index (κ1) is 7.48. The van der Waals surface area contributed by atoms with Crippen LogP contribution < -0.4 is 0 Å². The molecule has 0 heterocycles. The van der Waals surface area contributed by atoms with E-state index in [4.69, 9.17) is 0 Å². The fraction of sp³-hybridized carbons (Fsp3) is 0.250. The molecule has 0 atom stereocenters. The third kappa shape index (κ3) is 2.31. The molecule has 0 saturated heterocycles. The van der Waals surface area contributed by atoms with Crippen LogP contribution in [0.1, 0.15) is 0 Å². The van der Waals surface area contributed by atoms with Crippen LogP contribution in [0.2, 0.25) is 0 Å². The van der Waals surface area contributed by atoms with Gasteiger partial charge >= 0.3 is 0 Å². The Morgan fingerprint density at radius 3 is 2.20 bits per heavy atom. The molecule has 0 amide bonds. The van der Waals surface area contributed by atoms with Crippen molar-refractivity contribution in [2.24, 2.45) is 4.36 Å². The maximum absolute atomic E-state index is 4.39.